The van der Waals surface area contributed by atoms with Crippen molar-refractivity contribution < 1.29 is 9.21 Å². The Morgan fingerprint density at radius 3 is 2.64 bits per heavy atom. The fourth-order valence-corrected chi connectivity index (χ4v) is 3.20. The van der Waals surface area contributed by atoms with E-state index in [9.17, 15) is 4.79 Å². The van der Waals surface area contributed by atoms with Crippen LogP contribution in [0.1, 0.15) is 37.1 Å². The molecule has 1 aliphatic rings. The van der Waals surface area contributed by atoms with Crippen molar-refractivity contribution in [2.45, 2.75) is 32.7 Å². The van der Waals surface area contributed by atoms with E-state index in [0.29, 0.717) is 0 Å². The van der Waals surface area contributed by atoms with Crippen LogP contribution in [0.2, 0.25) is 0 Å². The lowest BCUT2D eigenvalue weighted by molar-refractivity contribution is -0.117. The number of carbonyl (C=O) groups is 1. The van der Waals surface area contributed by atoms with E-state index in [1.165, 1.54) is 0 Å². The number of anilines is 2. The van der Waals surface area contributed by atoms with E-state index in [4.69, 9.17) is 4.42 Å². The molecule has 0 bridgehead atoms. The molecule has 3 aromatic rings. The van der Waals surface area contributed by atoms with E-state index < -0.39 is 0 Å². The molecule has 1 fully saturated rings. The van der Waals surface area contributed by atoms with Gasteiger partial charge in [-0.15, -0.1) is 0 Å². The molecule has 25 heavy (non-hydrogen) atoms. The van der Waals surface area contributed by atoms with Crippen LogP contribution < -0.4 is 10.6 Å². The molecule has 4 nitrogen and oxygen atoms in total. The zero-order valence-corrected chi connectivity index (χ0v) is 14.5. The van der Waals surface area contributed by atoms with Gasteiger partial charge in [0.15, 0.2) is 0 Å². The van der Waals surface area contributed by atoms with Gasteiger partial charge in [0.1, 0.15) is 11.3 Å². The van der Waals surface area contributed by atoms with Crippen molar-refractivity contribution in [1.82, 2.24) is 0 Å². The average Bonchev–Trinajstić information content (AvgIpc) is 3.40. The summed E-state index contributed by atoms with van der Waals surface area (Å²) in [5.74, 6) is 1.26. The highest BCUT2D eigenvalue weighted by Crippen LogP contribution is 2.32. The van der Waals surface area contributed by atoms with Crippen LogP contribution in [-0.4, -0.2) is 5.91 Å². The molecule has 0 spiro atoms. The van der Waals surface area contributed by atoms with Crippen molar-refractivity contribution in [3.05, 3.63) is 59.9 Å². The smallest absolute Gasteiger partial charge is 0.227 e. The number of para-hydroxylation sites is 1. The lowest BCUT2D eigenvalue weighted by atomic mass is 10.1. The number of rotatable bonds is 5. The normalized spacial score (nSPS) is 15.1. The Labute approximate surface area is 147 Å². The molecular weight excluding hydrogens is 312 g/mol. The fourth-order valence-electron chi connectivity index (χ4n) is 3.20. The molecule has 2 aromatic carbocycles. The first-order valence-electron chi connectivity index (χ1n) is 8.77. The number of fused-ring (bicyclic) bond motifs is 1. The SMILES string of the molecule is Cc1c(C(C)Nc2cccc(NC(=O)C3CC3)c2)oc2ccccc12. The third kappa shape index (κ3) is 3.25. The molecule has 1 unspecified atom stereocenters. The number of aryl methyl sites for hydroxylation is 1. The number of hydrogen-bond acceptors (Lipinski definition) is 3. The third-order valence-corrected chi connectivity index (χ3v) is 4.74. The van der Waals surface area contributed by atoms with Crippen molar-refractivity contribution in [3.63, 3.8) is 0 Å². The highest BCUT2D eigenvalue weighted by Gasteiger charge is 2.29. The molecule has 0 saturated heterocycles. The number of nitrogens with one attached hydrogen (secondary N) is 2. The first kappa shape index (κ1) is 15.8. The Hall–Kier alpha value is -2.75. The van der Waals surface area contributed by atoms with Gasteiger partial charge in [-0.3, -0.25) is 4.79 Å². The van der Waals surface area contributed by atoms with E-state index >= 15 is 0 Å². The van der Waals surface area contributed by atoms with Crippen molar-refractivity contribution in [1.29, 1.82) is 0 Å². The Balaban J connectivity index is 1.52. The predicted molar refractivity (Wildman–Crippen MR) is 101 cm³/mol. The Morgan fingerprint density at radius 1 is 1.12 bits per heavy atom. The minimum Gasteiger partial charge on any atom is -0.459 e. The van der Waals surface area contributed by atoms with E-state index in [-0.39, 0.29) is 17.9 Å². The highest BCUT2D eigenvalue weighted by molar-refractivity contribution is 5.94. The molecule has 0 aliphatic heterocycles. The second kappa shape index (κ2) is 6.28. The van der Waals surface area contributed by atoms with Crippen molar-refractivity contribution in [2.75, 3.05) is 10.6 Å². The highest BCUT2D eigenvalue weighted by atomic mass is 16.3. The summed E-state index contributed by atoms with van der Waals surface area (Å²) in [6.45, 7) is 4.17. The second-order valence-electron chi connectivity index (χ2n) is 6.80. The molecule has 1 atom stereocenters. The van der Waals surface area contributed by atoms with Crippen LogP contribution in [0.15, 0.2) is 52.9 Å². The lowest BCUT2D eigenvalue weighted by Crippen LogP contribution is -2.13. The lowest BCUT2D eigenvalue weighted by Gasteiger charge is -2.15. The maximum Gasteiger partial charge on any atom is 0.227 e. The molecule has 1 aromatic heterocycles. The fraction of sp³-hybridized carbons (Fsp3) is 0.286. The van der Waals surface area contributed by atoms with Gasteiger partial charge in [0.25, 0.3) is 0 Å². The van der Waals surface area contributed by atoms with Crippen LogP contribution in [0.4, 0.5) is 11.4 Å². The Kier molecular flexibility index (Phi) is 3.96. The minimum atomic E-state index is 0.0294. The van der Waals surface area contributed by atoms with E-state index in [1.807, 2.05) is 42.5 Å². The zero-order valence-electron chi connectivity index (χ0n) is 14.5. The van der Waals surface area contributed by atoms with Gasteiger partial charge in [0.05, 0.1) is 6.04 Å². The summed E-state index contributed by atoms with van der Waals surface area (Å²) in [5.41, 5.74) is 3.86. The first-order valence-corrected chi connectivity index (χ1v) is 8.77. The van der Waals surface area contributed by atoms with Crippen molar-refractivity contribution in [3.8, 4) is 0 Å². The minimum absolute atomic E-state index is 0.0294. The molecule has 4 rings (SSSR count). The Morgan fingerprint density at radius 2 is 1.88 bits per heavy atom. The van der Waals surface area contributed by atoms with Gasteiger partial charge >= 0.3 is 0 Å². The number of benzene rings is 2. The van der Waals surface area contributed by atoms with Crippen LogP contribution in [-0.2, 0) is 4.79 Å². The first-order chi connectivity index (χ1) is 12.1. The summed E-state index contributed by atoms with van der Waals surface area (Å²) in [5, 5.41) is 7.61. The van der Waals surface area contributed by atoms with Crippen LogP contribution >= 0.6 is 0 Å². The average molecular weight is 334 g/mol. The monoisotopic (exact) mass is 334 g/mol. The molecule has 2 N–H and O–H groups in total. The van der Waals surface area contributed by atoms with Gasteiger partial charge in [-0.25, -0.2) is 0 Å². The molecule has 1 heterocycles. The molecule has 1 amide bonds. The molecule has 128 valence electrons. The number of carbonyl (C=O) groups excluding carboxylic acids is 1. The Bertz CT molecular complexity index is 925. The largest absolute Gasteiger partial charge is 0.459 e. The molecule has 0 radical (unpaired) electrons. The molecule has 4 heteroatoms. The van der Waals surface area contributed by atoms with Gasteiger partial charge in [-0.1, -0.05) is 24.3 Å². The second-order valence-corrected chi connectivity index (χ2v) is 6.80. The van der Waals surface area contributed by atoms with Crippen molar-refractivity contribution in [2.24, 2.45) is 5.92 Å². The van der Waals surface area contributed by atoms with E-state index in [1.54, 1.807) is 0 Å². The van der Waals surface area contributed by atoms with E-state index in [0.717, 1.165) is 46.5 Å². The summed E-state index contributed by atoms with van der Waals surface area (Å²) in [4.78, 5) is 11.9. The van der Waals surface area contributed by atoms with Crippen LogP contribution in [0.3, 0.4) is 0 Å². The van der Waals surface area contributed by atoms with E-state index in [2.05, 4.69) is 30.5 Å². The third-order valence-electron chi connectivity index (χ3n) is 4.74. The van der Waals surface area contributed by atoms with Gasteiger partial charge < -0.3 is 15.1 Å². The number of hydrogen-bond donors (Lipinski definition) is 2. The summed E-state index contributed by atoms with van der Waals surface area (Å²) in [7, 11) is 0. The summed E-state index contributed by atoms with van der Waals surface area (Å²) < 4.78 is 6.04. The van der Waals surface area contributed by atoms with Gasteiger partial charge in [0.2, 0.25) is 5.91 Å². The van der Waals surface area contributed by atoms with Crippen LogP contribution in [0.25, 0.3) is 11.0 Å². The maximum absolute atomic E-state index is 11.9. The quantitative estimate of drug-likeness (QED) is 0.669. The molecule has 1 saturated carbocycles. The van der Waals surface area contributed by atoms with Gasteiger partial charge in [-0.05, 0) is 51.0 Å². The summed E-state index contributed by atoms with van der Waals surface area (Å²) >= 11 is 0. The zero-order chi connectivity index (χ0) is 17.4. The van der Waals surface area contributed by atoms with Gasteiger partial charge in [0, 0.05) is 28.2 Å². The topological polar surface area (TPSA) is 54.3 Å². The van der Waals surface area contributed by atoms with Crippen LogP contribution in [0, 0.1) is 12.8 Å². The summed E-state index contributed by atoms with van der Waals surface area (Å²) in [6.07, 6.45) is 2.01. The van der Waals surface area contributed by atoms with Gasteiger partial charge in [-0.2, -0.15) is 0 Å². The molecule has 1 aliphatic carbocycles. The maximum atomic E-state index is 11.9. The summed E-state index contributed by atoms with van der Waals surface area (Å²) in [6, 6.07) is 16.0. The standard InChI is InChI=1S/C21H22N2O2/c1-13-18-8-3-4-9-19(18)25-20(13)14(2)22-16-6-5-7-17(12-16)23-21(24)15-10-11-15/h3-9,12,14-15,22H,10-11H2,1-2H3,(H,23,24). The van der Waals surface area contributed by atoms with Crippen LogP contribution in [0.5, 0.6) is 0 Å². The molecular formula is C21H22N2O2. The predicted octanol–water partition coefficient (Wildman–Crippen LogP) is 5.26. The van der Waals surface area contributed by atoms with Crippen molar-refractivity contribution >= 4 is 28.3 Å². The number of furan rings is 1. The number of amides is 1.